The summed E-state index contributed by atoms with van der Waals surface area (Å²) in [5.41, 5.74) is 3.24. The van der Waals surface area contributed by atoms with Gasteiger partial charge in [0.25, 0.3) is 0 Å². The van der Waals surface area contributed by atoms with Crippen molar-refractivity contribution < 1.29 is 13.2 Å². The summed E-state index contributed by atoms with van der Waals surface area (Å²) in [5, 5.41) is 6.66. The second kappa shape index (κ2) is 11.7. The van der Waals surface area contributed by atoms with Crippen molar-refractivity contribution in [2.45, 2.75) is 39.8 Å². The Labute approximate surface area is 202 Å². The fourth-order valence-electron chi connectivity index (χ4n) is 3.39. The number of nitrogens with zero attached hydrogens (tertiary/aromatic N) is 1. The van der Waals surface area contributed by atoms with Gasteiger partial charge in [-0.3, -0.25) is 0 Å². The molecule has 2 aromatic rings. The zero-order chi connectivity index (χ0) is 21.6. The van der Waals surface area contributed by atoms with Crippen molar-refractivity contribution in [3.8, 4) is 5.75 Å². The summed E-state index contributed by atoms with van der Waals surface area (Å²) in [4.78, 5) is 4.73. The normalized spacial score (nSPS) is 17.8. The highest BCUT2D eigenvalue weighted by Gasteiger charge is 2.27. The number of rotatable bonds is 7. The third-order valence-electron chi connectivity index (χ3n) is 5.04. The summed E-state index contributed by atoms with van der Waals surface area (Å²) in [7, 11) is -2.89. The van der Waals surface area contributed by atoms with E-state index >= 15 is 0 Å². The quantitative estimate of drug-likeness (QED) is 0.300. The van der Waals surface area contributed by atoms with Crippen LogP contribution in [0.5, 0.6) is 5.75 Å². The number of aryl methyl sites for hydroxylation is 1. The molecule has 2 aromatic carbocycles. The van der Waals surface area contributed by atoms with Crippen molar-refractivity contribution in [1.29, 1.82) is 0 Å². The van der Waals surface area contributed by atoms with E-state index in [4.69, 9.17) is 9.73 Å². The summed E-state index contributed by atoms with van der Waals surface area (Å²) >= 11 is 0. The topological polar surface area (TPSA) is 79.8 Å². The smallest absolute Gasteiger partial charge is 0.196 e. The van der Waals surface area contributed by atoms with Crippen LogP contribution in [0.4, 0.5) is 5.69 Å². The van der Waals surface area contributed by atoms with Gasteiger partial charge in [-0.05, 0) is 68.5 Å². The van der Waals surface area contributed by atoms with E-state index in [1.807, 2.05) is 50.2 Å². The lowest BCUT2D eigenvalue weighted by molar-refractivity contribution is 0.242. The summed E-state index contributed by atoms with van der Waals surface area (Å²) in [6, 6.07) is 15.9. The number of hydrogen-bond acceptors (Lipinski definition) is 4. The van der Waals surface area contributed by atoms with Crippen LogP contribution in [0.15, 0.2) is 53.5 Å². The molecule has 1 atom stereocenters. The maximum Gasteiger partial charge on any atom is 0.196 e. The molecule has 170 valence electrons. The average molecular weight is 557 g/mol. The van der Waals surface area contributed by atoms with Crippen LogP contribution in [0.1, 0.15) is 31.4 Å². The molecular weight excluding hydrogens is 525 g/mol. The predicted molar refractivity (Wildman–Crippen MR) is 138 cm³/mol. The number of anilines is 1. The van der Waals surface area contributed by atoms with Crippen LogP contribution >= 0.6 is 24.0 Å². The Balaban J connectivity index is 0.00000341. The Kier molecular flexibility index (Phi) is 9.61. The zero-order valence-electron chi connectivity index (χ0n) is 18.3. The molecule has 0 aromatic heterocycles. The highest BCUT2D eigenvalue weighted by molar-refractivity contribution is 14.0. The van der Waals surface area contributed by atoms with Crippen molar-refractivity contribution in [2.75, 3.05) is 23.4 Å². The van der Waals surface area contributed by atoms with E-state index in [1.54, 1.807) is 0 Å². The third-order valence-corrected chi connectivity index (χ3v) is 6.88. The Hall–Kier alpha value is -1.81. The summed E-state index contributed by atoms with van der Waals surface area (Å²) in [6.07, 6.45) is 0.821. The SMILES string of the molecule is Cc1ccccc1CN=C(NCC1CCS(=O)(=O)C1)Nc1ccc(OC(C)C)cc1.I. The van der Waals surface area contributed by atoms with Gasteiger partial charge in [0.15, 0.2) is 15.8 Å². The molecule has 0 amide bonds. The lowest BCUT2D eigenvalue weighted by Gasteiger charge is -2.16. The second-order valence-corrected chi connectivity index (χ2v) is 10.3. The molecule has 0 saturated carbocycles. The average Bonchev–Trinajstić information content (AvgIpc) is 3.05. The summed E-state index contributed by atoms with van der Waals surface area (Å²) in [6.45, 7) is 7.18. The van der Waals surface area contributed by atoms with Gasteiger partial charge in [-0.15, -0.1) is 24.0 Å². The Morgan fingerprint density at radius 1 is 1.16 bits per heavy atom. The summed E-state index contributed by atoms with van der Waals surface area (Å²) < 4.78 is 29.2. The highest BCUT2D eigenvalue weighted by atomic mass is 127. The molecule has 1 saturated heterocycles. The molecule has 1 heterocycles. The maximum atomic E-state index is 11.7. The van der Waals surface area contributed by atoms with Crippen LogP contribution in [-0.2, 0) is 16.4 Å². The zero-order valence-corrected chi connectivity index (χ0v) is 21.4. The van der Waals surface area contributed by atoms with Gasteiger partial charge in [0.05, 0.1) is 24.2 Å². The number of aliphatic imine (C=N–C) groups is 1. The first-order valence-corrected chi connectivity index (χ1v) is 12.2. The number of benzene rings is 2. The molecule has 0 spiro atoms. The van der Waals surface area contributed by atoms with Gasteiger partial charge < -0.3 is 15.4 Å². The number of nitrogens with one attached hydrogen (secondary N) is 2. The minimum absolute atomic E-state index is 0. The van der Waals surface area contributed by atoms with Crippen molar-refractivity contribution in [1.82, 2.24) is 5.32 Å². The molecule has 0 radical (unpaired) electrons. The van der Waals surface area contributed by atoms with Crippen molar-refractivity contribution in [3.63, 3.8) is 0 Å². The van der Waals surface area contributed by atoms with Gasteiger partial charge in [0, 0.05) is 12.2 Å². The molecule has 31 heavy (non-hydrogen) atoms. The van der Waals surface area contributed by atoms with E-state index in [1.165, 1.54) is 5.56 Å². The molecule has 0 bridgehead atoms. The molecule has 1 aliphatic rings. The van der Waals surface area contributed by atoms with Crippen molar-refractivity contribution >= 4 is 45.5 Å². The molecule has 0 aliphatic carbocycles. The van der Waals surface area contributed by atoms with Gasteiger partial charge in [-0.1, -0.05) is 24.3 Å². The van der Waals surface area contributed by atoms with E-state index in [-0.39, 0.29) is 47.5 Å². The molecule has 1 fully saturated rings. The first-order chi connectivity index (χ1) is 14.3. The third kappa shape index (κ3) is 8.33. The first kappa shape index (κ1) is 25.5. The largest absolute Gasteiger partial charge is 0.491 e. The van der Waals surface area contributed by atoms with Gasteiger partial charge in [-0.2, -0.15) is 0 Å². The van der Waals surface area contributed by atoms with E-state index < -0.39 is 9.84 Å². The van der Waals surface area contributed by atoms with Crippen LogP contribution in [0, 0.1) is 12.8 Å². The molecule has 8 heteroatoms. The first-order valence-electron chi connectivity index (χ1n) is 10.4. The lowest BCUT2D eigenvalue weighted by Crippen LogP contribution is -2.35. The van der Waals surface area contributed by atoms with Crippen LogP contribution < -0.4 is 15.4 Å². The molecule has 6 nitrogen and oxygen atoms in total. The van der Waals surface area contributed by atoms with E-state index in [0.717, 1.165) is 17.0 Å². The number of ether oxygens (including phenoxy) is 1. The van der Waals surface area contributed by atoms with Gasteiger partial charge in [0.1, 0.15) is 5.75 Å². The number of hydrogen-bond donors (Lipinski definition) is 2. The number of guanidine groups is 1. The van der Waals surface area contributed by atoms with Crippen LogP contribution in [-0.4, -0.2) is 38.5 Å². The number of sulfone groups is 1. The van der Waals surface area contributed by atoms with Gasteiger partial charge in [0.2, 0.25) is 0 Å². The molecule has 3 rings (SSSR count). The fourth-order valence-corrected chi connectivity index (χ4v) is 5.25. The molecule has 1 aliphatic heterocycles. The standard InChI is InChI=1S/C23H31N3O3S.HI/c1-17(2)29-22-10-8-21(9-11-22)26-23(24-14-19-12-13-30(27,28)16-19)25-15-20-7-5-4-6-18(20)3;/h4-11,17,19H,12-16H2,1-3H3,(H2,24,25,26);1H. The van der Waals surface area contributed by atoms with Crippen molar-refractivity contribution in [3.05, 3.63) is 59.7 Å². The molecule has 2 N–H and O–H groups in total. The Morgan fingerprint density at radius 2 is 1.87 bits per heavy atom. The minimum Gasteiger partial charge on any atom is -0.491 e. The van der Waals surface area contributed by atoms with Gasteiger partial charge in [-0.25, -0.2) is 13.4 Å². The van der Waals surface area contributed by atoms with Crippen LogP contribution in [0.3, 0.4) is 0 Å². The lowest BCUT2D eigenvalue weighted by atomic mass is 10.1. The minimum atomic E-state index is -2.89. The van der Waals surface area contributed by atoms with Crippen molar-refractivity contribution in [2.24, 2.45) is 10.9 Å². The number of halogens is 1. The monoisotopic (exact) mass is 557 g/mol. The predicted octanol–water partition coefficient (Wildman–Crippen LogP) is 4.39. The van der Waals surface area contributed by atoms with E-state index in [9.17, 15) is 8.42 Å². The Bertz CT molecular complexity index is 976. The second-order valence-electron chi connectivity index (χ2n) is 8.06. The van der Waals surface area contributed by atoms with E-state index in [2.05, 4.69) is 29.7 Å². The Morgan fingerprint density at radius 3 is 2.48 bits per heavy atom. The fraction of sp³-hybridized carbons (Fsp3) is 0.435. The van der Waals surface area contributed by atoms with E-state index in [0.29, 0.717) is 25.5 Å². The molecular formula is C23H32IN3O3S. The highest BCUT2D eigenvalue weighted by Crippen LogP contribution is 2.19. The molecule has 1 unspecified atom stereocenters. The van der Waals surface area contributed by atoms with Crippen LogP contribution in [0.2, 0.25) is 0 Å². The van der Waals surface area contributed by atoms with Crippen LogP contribution in [0.25, 0.3) is 0 Å². The maximum absolute atomic E-state index is 11.7. The summed E-state index contributed by atoms with van der Waals surface area (Å²) in [5.74, 6) is 2.09. The van der Waals surface area contributed by atoms with Gasteiger partial charge >= 0.3 is 0 Å².